The fourth-order valence-corrected chi connectivity index (χ4v) is 2.11. The number of hydrogen-bond acceptors (Lipinski definition) is 3. The van der Waals surface area contributed by atoms with Crippen LogP contribution in [0.3, 0.4) is 0 Å². The molecular formula is C12H11IN2O2. The van der Waals surface area contributed by atoms with Gasteiger partial charge in [-0.15, -0.1) is 0 Å². The first-order valence-electron chi connectivity index (χ1n) is 5.19. The zero-order valence-corrected chi connectivity index (χ0v) is 11.4. The van der Waals surface area contributed by atoms with Crippen molar-refractivity contribution in [2.24, 2.45) is 0 Å². The molecule has 0 spiro atoms. The van der Waals surface area contributed by atoms with E-state index in [9.17, 15) is 4.79 Å². The molecule has 0 aliphatic rings. The van der Waals surface area contributed by atoms with Crippen LogP contribution in [0.2, 0.25) is 0 Å². The van der Waals surface area contributed by atoms with Gasteiger partial charge in [-0.05, 0) is 41.6 Å². The lowest BCUT2D eigenvalue weighted by atomic mass is 10.1. The van der Waals surface area contributed by atoms with Crippen molar-refractivity contribution in [1.29, 1.82) is 0 Å². The standard InChI is InChI=1S/C12H11IN2O2/c1-2-17-12(16)11-7-10(14-15-11)8-5-3-4-6-9(8)13/h3-7H,2H2,1H3,(H,14,15). The molecule has 4 nitrogen and oxygen atoms in total. The fraction of sp³-hybridized carbons (Fsp3) is 0.167. The monoisotopic (exact) mass is 342 g/mol. The number of nitrogens with one attached hydrogen (secondary N) is 1. The van der Waals surface area contributed by atoms with Crippen molar-refractivity contribution in [3.05, 3.63) is 39.6 Å². The second-order valence-corrected chi connectivity index (χ2v) is 4.53. The van der Waals surface area contributed by atoms with Gasteiger partial charge in [0, 0.05) is 9.13 Å². The summed E-state index contributed by atoms with van der Waals surface area (Å²) in [5.41, 5.74) is 2.12. The third-order valence-corrected chi connectivity index (χ3v) is 3.16. The zero-order chi connectivity index (χ0) is 12.3. The van der Waals surface area contributed by atoms with Gasteiger partial charge in [0.2, 0.25) is 0 Å². The lowest BCUT2D eigenvalue weighted by molar-refractivity contribution is 0.0519. The quantitative estimate of drug-likeness (QED) is 0.689. The van der Waals surface area contributed by atoms with Crippen LogP contribution in [0.1, 0.15) is 17.4 Å². The summed E-state index contributed by atoms with van der Waals surface area (Å²) >= 11 is 2.24. The number of H-pyrrole nitrogens is 1. The molecule has 0 bridgehead atoms. The molecule has 1 aromatic carbocycles. The van der Waals surface area contributed by atoms with Crippen molar-refractivity contribution in [2.45, 2.75) is 6.92 Å². The predicted octanol–water partition coefficient (Wildman–Crippen LogP) is 2.86. The topological polar surface area (TPSA) is 55.0 Å². The highest BCUT2D eigenvalue weighted by Crippen LogP contribution is 2.23. The summed E-state index contributed by atoms with van der Waals surface area (Å²) in [6, 6.07) is 9.57. The van der Waals surface area contributed by atoms with Gasteiger partial charge in [-0.3, -0.25) is 5.10 Å². The van der Waals surface area contributed by atoms with E-state index in [0.717, 1.165) is 14.8 Å². The SMILES string of the molecule is CCOC(=O)c1cc(-c2ccccc2I)n[nH]1. The minimum absolute atomic E-state index is 0.357. The molecule has 0 fully saturated rings. The number of benzene rings is 1. The molecule has 0 radical (unpaired) electrons. The maximum atomic E-state index is 11.5. The second kappa shape index (κ2) is 5.31. The van der Waals surface area contributed by atoms with Gasteiger partial charge >= 0.3 is 5.97 Å². The Bertz CT molecular complexity index is 537. The average molecular weight is 342 g/mol. The van der Waals surface area contributed by atoms with E-state index in [1.165, 1.54) is 0 Å². The molecule has 0 amide bonds. The van der Waals surface area contributed by atoms with Gasteiger partial charge in [-0.2, -0.15) is 5.10 Å². The molecule has 2 rings (SSSR count). The Morgan fingerprint density at radius 2 is 2.24 bits per heavy atom. The minimum atomic E-state index is -0.378. The average Bonchev–Trinajstić information content (AvgIpc) is 2.79. The van der Waals surface area contributed by atoms with E-state index < -0.39 is 0 Å². The summed E-state index contributed by atoms with van der Waals surface area (Å²) in [4.78, 5) is 11.5. The fourth-order valence-electron chi connectivity index (χ4n) is 1.44. The first-order chi connectivity index (χ1) is 8.22. The molecule has 5 heteroatoms. The number of carbonyl (C=O) groups is 1. The van der Waals surface area contributed by atoms with Crippen LogP contribution in [-0.4, -0.2) is 22.8 Å². The summed E-state index contributed by atoms with van der Waals surface area (Å²) in [6.07, 6.45) is 0. The molecule has 88 valence electrons. The van der Waals surface area contributed by atoms with E-state index in [2.05, 4.69) is 32.8 Å². The molecule has 1 aromatic heterocycles. The third kappa shape index (κ3) is 2.66. The third-order valence-electron chi connectivity index (χ3n) is 2.22. The Kier molecular flexibility index (Phi) is 3.78. The van der Waals surface area contributed by atoms with E-state index in [0.29, 0.717) is 12.3 Å². The number of nitrogens with zero attached hydrogens (tertiary/aromatic N) is 1. The molecule has 1 N–H and O–H groups in total. The molecule has 0 aliphatic heterocycles. The highest BCUT2D eigenvalue weighted by Gasteiger charge is 2.12. The van der Waals surface area contributed by atoms with Crippen LogP contribution in [0.5, 0.6) is 0 Å². The van der Waals surface area contributed by atoms with E-state index in [1.807, 2.05) is 24.3 Å². The van der Waals surface area contributed by atoms with Crippen LogP contribution >= 0.6 is 22.6 Å². The molecule has 0 aliphatic carbocycles. The number of esters is 1. The van der Waals surface area contributed by atoms with Crippen molar-refractivity contribution in [1.82, 2.24) is 10.2 Å². The maximum absolute atomic E-state index is 11.5. The predicted molar refractivity (Wildman–Crippen MR) is 72.7 cm³/mol. The summed E-state index contributed by atoms with van der Waals surface area (Å²) in [5, 5.41) is 6.81. The second-order valence-electron chi connectivity index (χ2n) is 3.37. The summed E-state index contributed by atoms with van der Waals surface area (Å²) in [5.74, 6) is -0.378. The lowest BCUT2D eigenvalue weighted by Crippen LogP contribution is -2.04. The number of aromatic nitrogens is 2. The first-order valence-corrected chi connectivity index (χ1v) is 6.27. The van der Waals surface area contributed by atoms with Gasteiger partial charge < -0.3 is 4.74 Å². The van der Waals surface area contributed by atoms with Crippen molar-refractivity contribution < 1.29 is 9.53 Å². The number of carbonyl (C=O) groups excluding carboxylic acids is 1. The van der Waals surface area contributed by atoms with E-state index >= 15 is 0 Å². The van der Waals surface area contributed by atoms with E-state index in [-0.39, 0.29) is 5.97 Å². The molecule has 2 aromatic rings. The van der Waals surface area contributed by atoms with Gasteiger partial charge in [0.15, 0.2) is 0 Å². The minimum Gasteiger partial charge on any atom is -0.461 e. The Hall–Kier alpha value is -1.37. The Morgan fingerprint density at radius 3 is 2.94 bits per heavy atom. The summed E-state index contributed by atoms with van der Waals surface area (Å²) in [6.45, 7) is 2.13. The molecule has 17 heavy (non-hydrogen) atoms. The Labute approximate surface area is 113 Å². The van der Waals surface area contributed by atoms with Crippen molar-refractivity contribution in [2.75, 3.05) is 6.61 Å². The van der Waals surface area contributed by atoms with Crippen LogP contribution < -0.4 is 0 Å². The lowest BCUT2D eigenvalue weighted by Gasteiger charge is -1.98. The van der Waals surface area contributed by atoms with Crippen LogP contribution in [-0.2, 0) is 4.74 Å². The van der Waals surface area contributed by atoms with Crippen LogP contribution in [0.25, 0.3) is 11.3 Å². The highest BCUT2D eigenvalue weighted by atomic mass is 127. The van der Waals surface area contributed by atoms with E-state index in [1.54, 1.807) is 13.0 Å². The van der Waals surface area contributed by atoms with Gasteiger partial charge in [0.25, 0.3) is 0 Å². The molecular weight excluding hydrogens is 331 g/mol. The number of hydrogen-bond donors (Lipinski definition) is 1. The van der Waals surface area contributed by atoms with Crippen molar-refractivity contribution >= 4 is 28.6 Å². The molecule has 0 saturated carbocycles. The van der Waals surface area contributed by atoms with Gasteiger partial charge in [0.05, 0.1) is 12.3 Å². The maximum Gasteiger partial charge on any atom is 0.356 e. The largest absolute Gasteiger partial charge is 0.461 e. The smallest absolute Gasteiger partial charge is 0.356 e. The molecule has 1 heterocycles. The summed E-state index contributed by atoms with van der Waals surface area (Å²) in [7, 11) is 0. The van der Waals surface area contributed by atoms with Crippen molar-refractivity contribution in [3.63, 3.8) is 0 Å². The Morgan fingerprint density at radius 1 is 1.47 bits per heavy atom. The van der Waals surface area contributed by atoms with Crippen LogP contribution in [0, 0.1) is 3.57 Å². The van der Waals surface area contributed by atoms with Gasteiger partial charge in [-0.25, -0.2) is 4.79 Å². The molecule has 0 unspecified atom stereocenters. The number of halogens is 1. The first kappa shape index (κ1) is 12.1. The highest BCUT2D eigenvalue weighted by molar-refractivity contribution is 14.1. The Balaban J connectivity index is 2.30. The van der Waals surface area contributed by atoms with Gasteiger partial charge in [-0.1, -0.05) is 18.2 Å². The van der Waals surface area contributed by atoms with Crippen LogP contribution in [0.4, 0.5) is 0 Å². The number of rotatable bonds is 3. The van der Waals surface area contributed by atoms with Gasteiger partial charge in [0.1, 0.15) is 5.69 Å². The van der Waals surface area contributed by atoms with E-state index in [4.69, 9.17) is 4.74 Å². The van der Waals surface area contributed by atoms with Crippen LogP contribution in [0.15, 0.2) is 30.3 Å². The number of aromatic amines is 1. The number of ether oxygens (including phenoxy) is 1. The molecule has 0 atom stereocenters. The summed E-state index contributed by atoms with van der Waals surface area (Å²) < 4.78 is 5.99. The molecule has 0 saturated heterocycles. The zero-order valence-electron chi connectivity index (χ0n) is 9.24. The normalized spacial score (nSPS) is 10.2. The van der Waals surface area contributed by atoms with Crippen molar-refractivity contribution in [3.8, 4) is 11.3 Å².